The Morgan fingerprint density at radius 3 is 2.80 bits per heavy atom. The van der Waals surface area contributed by atoms with Crippen LogP contribution in [0.2, 0.25) is 0 Å². The lowest BCUT2D eigenvalue weighted by Gasteiger charge is -2.07. The van der Waals surface area contributed by atoms with E-state index in [9.17, 15) is 10.1 Å². The second-order valence-electron chi connectivity index (χ2n) is 4.32. The van der Waals surface area contributed by atoms with E-state index in [-0.39, 0.29) is 12.5 Å². The van der Waals surface area contributed by atoms with Crippen molar-refractivity contribution in [2.75, 3.05) is 12.1 Å². The number of para-hydroxylation sites is 2. The number of rotatable bonds is 4. The zero-order chi connectivity index (χ0) is 13.9. The third kappa shape index (κ3) is 2.35. The Hall–Kier alpha value is -2.76. The minimum absolute atomic E-state index is 0.0632. The lowest BCUT2D eigenvalue weighted by molar-refractivity contribution is -0.384. The Balaban J connectivity index is 1.75. The molecule has 1 aliphatic rings. The molecular weight excluding hydrogens is 260 g/mol. The highest BCUT2D eigenvalue weighted by atomic mass is 16.7. The van der Waals surface area contributed by atoms with E-state index in [0.29, 0.717) is 18.0 Å². The number of nitro groups is 1. The van der Waals surface area contributed by atoms with E-state index < -0.39 is 4.92 Å². The zero-order valence-corrected chi connectivity index (χ0v) is 10.5. The molecule has 3 rings (SSSR count). The molecule has 1 N–H and O–H groups in total. The molecule has 20 heavy (non-hydrogen) atoms. The molecule has 0 saturated carbocycles. The number of nitrogens with one attached hydrogen (secondary N) is 1. The second-order valence-corrected chi connectivity index (χ2v) is 4.32. The molecule has 0 bridgehead atoms. The van der Waals surface area contributed by atoms with Gasteiger partial charge in [0, 0.05) is 12.6 Å². The molecule has 0 spiro atoms. The van der Waals surface area contributed by atoms with Crippen LogP contribution < -0.4 is 14.8 Å². The van der Waals surface area contributed by atoms with Gasteiger partial charge in [-0.1, -0.05) is 18.2 Å². The summed E-state index contributed by atoms with van der Waals surface area (Å²) in [6.45, 7) is 0.706. The minimum atomic E-state index is -0.401. The zero-order valence-electron chi connectivity index (χ0n) is 10.5. The largest absolute Gasteiger partial charge is 0.454 e. The van der Waals surface area contributed by atoms with Gasteiger partial charge < -0.3 is 14.8 Å². The molecular formula is C14H12N2O4. The number of nitro benzene ring substituents is 1. The van der Waals surface area contributed by atoms with Crippen molar-refractivity contribution in [3.63, 3.8) is 0 Å². The standard InChI is InChI=1S/C14H12N2O4/c17-16(18)12-4-2-1-3-11(12)15-8-10-5-6-13-14(7-10)20-9-19-13/h1-7,15H,8-9H2. The fraction of sp³-hybridized carbons (Fsp3) is 0.143. The van der Waals surface area contributed by atoms with Gasteiger partial charge in [-0.3, -0.25) is 10.1 Å². The van der Waals surface area contributed by atoms with Gasteiger partial charge in [-0.15, -0.1) is 0 Å². The summed E-state index contributed by atoms with van der Waals surface area (Å²) in [6.07, 6.45) is 0. The monoisotopic (exact) mass is 272 g/mol. The molecule has 0 saturated heterocycles. The fourth-order valence-electron chi connectivity index (χ4n) is 2.03. The topological polar surface area (TPSA) is 73.6 Å². The van der Waals surface area contributed by atoms with Gasteiger partial charge in [0.05, 0.1) is 4.92 Å². The van der Waals surface area contributed by atoms with Crippen molar-refractivity contribution in [3.05, 3.63) is 58.1 Å². The first-order valence-electron chi connectivity index (χ1n) is 6.10. The Bertz CT molecular complexity index is 657. The van der Waals surface area contributed by atoms with Crippen LogP contribution in [0.1, 0.15) is 5.56 Å². The van der Waals surface area contributed by atoms with Crippen LogP contribution in [0.15, 0.2) is 42.5 Å². The number of benzene rings is 2. The van der Waals surface area contributed by atoms with Gasteiger partial charge in [-0.25, -0.2) is 0 Å². The summed E-state index contributed by atoms with van der Waals surface area (Å²) in [4.78, 5) is 10.5. The smallest absolute Gasteiger partial charge is 0.292 e. The van der Waals surface area contributed by atoms with E-state index in [1.165, 1.54) is 6.07 Å². The highest BCUT2D eigenvalue weighted by Gasteiger charge is 2.14. The SMILES string of the molecule is O=[N+]([O-])c1ccccc1NCc1ccc2c(c1)OCO2. The molecule has 6 heteroatoms. The van der Waals surface area contributed by atoms with E-state index >= 15 is 0 Å². The third-order valence-electron chi connectivity index (χ3n) is 3.02. The minimum Gasteiger partial charge on any atom is -0.454 e. The van der Waals surface area contributed by atoms with Gasteiger partial charge in [0.1, 0.15) is 5.69 Å². The van der Waals surface area contributed by atoms with E-state index in [2.05, 4.69) is 5.32 Å². The van der Waals surface area contributed by atoms with Crippen molar-refractivity contribution >= 4 is 11.4 Å². The van der Waals surface area contributed by atoms with Gasteiger partial charge in [-0.2, -0.15) is 0 Å². The Kier molecular flexibility index (Phi) is 3.12. The van der Waals surface area contributed by atoms with Crippen LogP contribution in [0, 0.1) is 10.1 Å². The normalized spacial score (nSPS) is 12.2. The molecule has 0 unspecified atom stereocenters. The molecule has 6 nitrogen and oxygen atoms in total. The van der Waals surface area contributed by atoms with E-state index in [4.69, 9.17) is 9.47 Å². The van der Waals surface area contributed by atoms with Crippen molar-refractivity contribution in [2.45, 2.75) is 6.54 Å². The highest BCUT2D eigenvalue weighted by molar-refractivity contribution is 5.61. The number of ether oxygens (including phenoxy) is 2. The maximum absolute atomic E-state index is 10.9. The summed E-state index contributed by atoms with van der Waals surface area (Å²) in [5.41, 5.74) is 1.52. The second kappa shape index (κ2) is 5.08. The lowest BCUT2D eigenvalue weighted by Crippen LogP contribution is -2.02. The summed E-state index contributed by atoms with van der Waals surface area (Å²) in [5, 5.41) is 14.0. The number of nitrogens with zero attached hydrogens (tertiary/aromatic N) is 1. The van der Waals surface area contributed by atoms with Gasteiger partial charge in [0.15, 0.2) is 11.5 Å². The average molecular weight is 272 g/mol. The Labute approximate surface area is 115 Å². The molecule has 0 aromatic heterocycles. The van der Waals surface area contributed by atoms with Crippen LogP contribution >= 0.6 is 0 Å². The van der Waals surface area contributed by atoms with Gasteiger partial charge >= 0.3 is 0 Å². The Morgan fingerprint density at radius 2 is 1.95 bits per heavy atom. The van der Waals surface area contributed by atoms with Crippen LogP contribution in [0.3, 0.4) is 0 Å². The van der Waals surface area contributed by atoms with Crippen LogP contribution in [-0.4, -0.2) is 11.7 Å². The number of anilines is 1. The molecule has 102 valence electrons. The van der Waals surface area contributed by atoms with Crippen LogP contribution in [0.5, 0.6) is 11.5 Å². The van der Waals surface area contributed by atoms with Gasteiger partial charge in [0.25, 0.3) is 5.69 Å². The quantitative estimate of drug-likeness (QED) is 0.684. The van der Waals surface area contributed by atoms with Crippen LogP contribution in [0.25, 0.3) is 0 Å². The first kappa shape index (κ1) is 12.3. The summed E-state index contributed by atoms with van der Waals surface area (Å²) in [7, 11) is 0. The summed E-state index contributed by atoms with van der Waals surface area (Å²) >= 11 is 0. The maximum Gasteiger partial charge on any atom is 0.292 e. The van der Waals surface area contributed by atoms with Crippen molar-refractivity contribution in [3.8, 4) is 11.5 Å². The molecule has 0 aliphatic carbocycles. The fourth-order valence-corrected chi connectivity index (χ4v) is 2.03. The summed E-state index contributed by atoms with van der Waals surface area (Å²) in [6, 6.07) is 12.2. The maximum atomic E-state index is 10.9. The Morgan fingerprint density at radius 1 is 1.15 bits per heavy atom. The third-order valence-corrected chi connectivity index (χ3v) is 3.02. The number of hydrogen-bond acceptors (Lipinski definition) is 5. The summed E-state index contributed by atoms with van der Waals surface area (Å²) < 4.78 is 10.5. The van der Waals surface area contributed by atoms with Crippen LogP contribution in [0.4, 0.5) is 11.4 Å². The van der Waals surface area contributed by atoms with Crippen molar-refractivity contribution < 1.29 is 14.4 Å². The molecule has 0 atom stereocenters. The van der Waals surface area contributed by atoms with Crippen molar-refractivity contribution in [1.29, 1.82) is 0 Å². The first-order chi connectivity index (χ1) is 9.74. The predicted octanol–water partition coefficient (Wildman–Crippen LogP) is 2.94. The first-order valence-corrected chi connectivity index (χ1v) is 6.10. The van der Waals surface area contributed by atoms with E-state index in [1.807, 2.05) is 18.2 Å². The molecule has 0 amide bonds. The molecule has 2 aromatic rings. The number of fused-ring (bicyclic) bond motifs is 1. The summed E-state index contributed by atoms with van der Waals surface area (Å²) in [5.74, 6) is 1.42. The molecule has 1 heterocycles. The van der Waals surface area contributed by atoms with E-state index in [1.54, 1.807) is 18.2 Å². The van der Waals surface area contributed by atoms with Gasteiger partial charge in [0.2, 0.25) is 6.79 Å². The van der Waals surface area contributed by atoms with E-state index in [0.717, 1.165) is 11.3 Å². The molecule has 1 aliphatic heterocycles. The predicted molar refractivity (Wildman–Crippen MR) is 73.0 cm³/mol. The van der Waals surface area contributed by atoms with Gasteiger partial charge in [-0.05, 0) is 23.8 Å². The average Bonchev–Trinajstić information content (AvgIpc) is 2.92. The highest BCUT2D eigenvalue weighted by Crippen LogP contribution is 2.33. The van der Waals surface area contributed by atoms with Crippen molar-refractivity contribution in [2.24, 2.45) is 0 Å². The lowest BCUT2D eigenvalue weighted by atomic mass is 10.2. The molecule has 2 aromatic carbocycles. The number of hydrogen-bond donors (Lipinski definition) is 1. The van der Waals surface area contributed by atoms with Crippen LogP contribution in [-0.2, 0) is 6.54 Å². The molecule has 0 fully saturated rings. The molecule has 0 radical (unpaired) electrons. The van der Waals surface area contributed by atoms with Crippen molar-refractivity contribution in [1.82, 2.24) is 0 Å².